The third-order valence-electron chi connectivity index (χ3n) is 7.52. The highest BCUT2D eigenvalue weighted by Gasteiger charge is 2.27. The number of likely N-dealkylation sites (tertiary alicyclic amines) is 1. The van der Waals surface area contributed by atoms with E-state index >= 15 is 0 Å². The molecular weight excluding hydrogens is 459 g/mol. The van der Waals surface area contributed by atoms with E-state index in [0.717, 1.165) is 40.8 Å². The number of halogens is 2. The molecule has 0 atom stereocenters. The van der Waals surface area contributed by atoms with E-state index < -0.39 is 0 Å². The molecule has 35 heavy (non-hydrogen) atoms. The number of nitrogens with one attached hydrogen (secondary N) is 1. The molecule has 0 spiro atoms. The second kappa shape index (κ2) is 11.5. The van der Waals surface area contributed by atoms with Crippen LogP contribution in [0.5, 0.6) is 0 Å². The van der Waals surface area contributed by atoms with Gasteiger partial charge in [-0.05, 0) is 99.8 Å². The summed E-state index contributed by atoms with van der Waals surface area (Å²) >= 11 is 6.55. The number of benzene rings is 1. The maximum absolute atomic E-state index is 13.5. The lowest BCUT2D eigenvalue weighted by Gasteiger charge is -2.39. The Labute approximate surface area is 212 Å². The lowest BCUT2D eigenvalue weighted by Crippen LogP contribution is -2.41. The van der Waals surface area contributed by atoms with Gasteiger partial charge in [0.1, 0.15) is 11.6 Å². The van der Waals surface area contributed by atoms with Crippen LogP contribution in [0.4, 0.5) is 10.2 Å². The van der Waals surface area contributed by atoms with Gasteiger partial charge in [-0.2, -0.15) is 0 Å². The van der Waals surface area contributed by atoms with Gasteiger partial charge in [0.2, 0.25) is 0 Å². The van der Waals surface area contributed by atoms with Crippen molar-refractivity contribution in [2.45, 2.75) is 64.0 Å². The van der Waals surface area contributed by atoms with Gasteiger partial charge in [-0.1, -0.05) is 36.2 Å². The Balaban J connectivity index is 1.22. The number of pyridine rings is 2. The predicted molar refractivity (Wildman–Crippen MR) is 141 cm³/mol. The lowest BCUT2D eigenvalue weighted by atomic mass is 9.82. The molecule has 0 radical (unpaired) electrons. The number of nitrogens with zero attached hydrogens (tertiary/aromatic N) is 3. The van der Waals surface area contributed by atoms with Crippen molar-refractivity contribution in [2.75, 3.05) is 18.4 Å². The monoisotopic (exact) mass is 492 g/mol. The molecule has 3 aromatic rings. The average Bonchev–Trinajstić information content (AvgIpc) is 2.90. The first-order chi connectivity index (χ1) is 17.1. The first-order valence-corrected chi connectivity index (χ1v) is 13.4. The standard InChI is InChI=1S/C29H34ClFN4/c30-27-20-32-24(17-21-10-12-25(13-11-21)35-14-2-1-3-15-35)18-26(27)28-8-5-9-29(34-28)33-19-22-6-4-7-23(31)16-22/h4-9,16,18,20-21,25H,1-3,10-15,17,19H2,(H,33,34). The summed E-state index contributed by atoms with van der Waals surface area (Å²) in [6.07, 6.45) is 12.1. The maximum Gasteiger partial charge on any atom is 0.126 e. The molecule has 0 unspecified atom stereocenters. The maximum atomic E-state index is 13.5. The molecule has 4 nitrogen and oxygen atoms in total. The summed E-state index contributed by atoms with van der Waals surface area (Å²) in [5.74, 6) is 1.18. The molecule has 2 aromatic heterocycles. The van der Waals surface area contributed by atoms with Crippen LogP contribution in [-0.4, -0.2) is 34.0 Å². The van der Waals surface area contributed by atoms with Gasteiger partial charge in [-0.25, -0.2) is 9.37 Å². The van der Waals surface area contributed by atoms with Crippen molar-refractivity contribution < 1.29 is 4.39 Å². The number of anilines is 1. The van der Waals surface area contributed by atoms with Gasteiger partial charge < -0.3 is 10.2 Å². The van der Waals surface area contributed by atoms with E-state index in [0.29, 0.717) is 17.5 Å². The van der Waals surface area contributed by atoms with Crippen molar-refractivity contribution >= 4 is 17.4 Å². The van der Waals surface area contributed by atoms with Crippen molar-refractivity contribution in [1.82, 2.24) is 14.9 Å². The fourth-order valence-corrected chi connectivity index (χ4v) is 5.81. The van der Waals surface area contributed by atoms with Crippen LogP contribution in [0.2, 0.25) is 5.02 Å². The second-order valence-corrected chi connectivity index (χ2v) is 10.4. The number of rotatable bonds is 7. The predicted octanol–water partition coefficient (Wildman–Crippen LogP) is 7.14. The number of piperidine rings is 1. The van der Waals surface area contributed by atoms with Crippen molar-refractivity contribution in [2.24, 2.45) is 5.92 Å². The fourth-order valence-electron chi connectivity index (χ4n) is 5.61. The Morgan fingerprint density at radius 2 is 1.77 bits per heavy atom. The van der Waals surface area contributed by atoms with Gasteiger partial charge in [0.25, 0.3) is 0 Å². The summed E-state index contributed by atoms with van der Waals surface area (Å²) in [6, 6.07) is 15.3. The summed E-state index contributed by atoms with van der Waals surface area (Å²) in [7, 11) is 0. The molecule has 2 aliphatic rings. The topological polar surface area (TPSA) is 41.0 Å². The van der Waals surface area contributed by atoms with Crippen molar-refractivity contribution in [3.8, 4) is 11.3 Å². The van der Waals surface area contributed by atoms with Crippen molar-refractivity contribution in [3.63, 3.8) is 0 Å². The Morgan fingerprint density at radius 1 is 0.971 bits per heavy atom. The summed E-state index contributed by atoms with van der Waals surface area (Å²) in [5, 5.41) is 3.90. The van der Waals surface area contributed by atoms with Crippen LogP contribution in [0.15, 0.2) is 54.7 Å². The molecule has 1 aliphatic heterocycles. The molecule has 184 valence electrons. The molecule has 1 saturated carbocycles. The van der Waals surface area contributed by atoms with Gasteiger partial charge in [-0.3, -0.25) is 4.98 Å². The molecule has 5 rings (SSSR count). The van der Waals surface area contributed by atoms with Gasteiger partial charge >= 0.3 is 0 Å². The van der Waals surface area contributed by atoms with Gasteiger partial charge in [-0.15, -0.1) is 0 Å². The third-order valence-corrected chi connectivity index (χ3v) is 7.82. The van der Waals surface area contributed by atoms with Gasteiger partial charge in [0, 0.05) is 30.0 Å². The molecule has 1 aliphatic carbocycles. The van der Waals surface area contributed by atoms with E-state index in [4.69, 9.17) is 16.6 Å². The average molecular weight is 493 g/mol. The highest BCUT2D eigenvalue weighted by Crippen LogP contribution is 2.33. The molecule has 0 bridgehead atoms. The summed E-state index contributed by atoms with van der Waals surface area (Å²) < 4.78 is 13.5. The third kappa shape index (κ3) is 6.39. The van der Waals surface area contributed by atoms with Crippen LogP contribution in [0.25, 0.3) is 11.3 Å². The van der Waals surface area contributed by atoms with E-state index in [1.165, 1.54) is 70.2 Å². The minimum Gasteiger partial charge on any atom is -0.366 e. The Kier molecular flexibility index (Phi) is 7.95. The van der Waals surface area contributed by atoms with Crippen LogP contribution in [-0.2, 0) is 13.0 Å². The minimum absolute atomic E-state index is 0.234. The minimum atomic E-state index is -0.234. The van der Waals surface area contributed by atoms with E-state index in [9.17, 15) is 4.39 Å². The molecule has 2 fully saturated rings. The normalized spacial score (nSPS) is 21.1. The van der Waals surface area contributed by atoms with Crippen molar-refractivity contribution in [1.29, 1.82) is 0 Å². The highest BCUT2D eigenvalue weighted by molar-refractivity contribution is 6.33. The van der Waals surface area contributed by atoms with Crippen LogP contribution in [0, 0.1) is 11.7 Å². The van der Waals surface area contributed by atoms with Gasteiger partial charge in [0.15, 0.2) is 0 Å². The molecule has 0 amide bonds. The zero-order chi connectivity index (χ0) is 24.0. The first-order valence-electron chi connectivity index (χ1n) is 13.0. The molecule has 1 N–H and O–H groups in total. The first kappa shape index (κ1) is 24.2. The van der Waals surface area contributed by atoms with E-state index in [-0.39, 0.29) is 5.82 Å². The largest absolute Gasteiger partial charge is 0.366 e. The number of hydrogen-bond acceptors (Lipinski definition) is 4. The molecule has 6 heteroatoms. The fraction of sp³-hybridized carbons (Fsp3) is 0.448. The van der Waals surface area contributed by atoms with E-state index in [1.54, 1.807) is 12.3 Å². The quantitative estimate of drug-likeness (QED) is 0.380. The van der Waals surface area contributed by atoms with Crippen LogP contribution >= 0.6 is 11.6 Å². The zero-order valence-electron chi connectivity index (χ0n) is 20.2. The van der Waals surface area contributed by atoms with E-state index in [1.807, 2.05) is 24.3 Å². The highest BCUT2D eigenvalue weighted by atomic mass is 35.5. The van der Waals surface area contributed by atoms with Crippen LogP contribution in [0.3, 0.4) is 0 Å². The second-order valence-electron chi connectivity index (χ2n) is 10.0. The SMILES string of the molecule is Fc1cccc(CNc2cccc(-c3cc(CC4CCC(N5CCCCC5)CC4)ncc3Cl)n2)c1. The smallest absolute Gasteiger partial charge is 0.126 e. The Morgan fingerprint density at radius 3 is 2.57 bits per heavy atom. The molecule has 1 aromatic carbocycles. The summed E-state index contributed by atoms with van der Waals surface area (Å²) in [6.45, 7) is 3.09. The molecule has 3 heterocycles. The molecule has 1 saturated heterocycles. The number of aromatic nitrogens is 2. The summed E-state index contributed by atoms with van der Waals surface area (Å²) in [5.41, 5.74) is 3.69. The molecular formula is C29H34ClFN4. The van der Waals surface area contributed by atoms with Gasteiger partial charge in [0.05, 0.1) is 10.7 Å². The summed E-state index contributed by atoms with van der Waals surface area (Å²) in [4.78, 5) is 12.2. The number of hydrogen-bond donors (Lipinski definition) is 1. The van der Waals surface area contributed by atoms with E-state index in [2.05, 4.69) is 21.3 Å². The van der Waals surface area contributed by atoms with Crippen LogP contribution < -0.4 is 5.32 Å². The Hall–Kier alpha value is -2.50. The Bertz CT molecular complexity index is 1120. The van der Waals surface area contributed by atoms with Crippen molar-refractivity contribution in [3.05, 3.63) is 76.8 Å². The van der Waals surface area contributed by atoms with Crippen LogP contribution in [0.1, 0.15) is 56.2 Å². The lowest BCUT2D eigenvalue weighted by molar-refractivity contribution is 0.114. The zero-order valence-corrected chi connectivity index (χ0v) is 21.0.